The Balaban J connectivity index is 2.13. The van der Waals surface area contributed by atoms with Crippen molar-refractivity contribution in [3.63, 3.8) is 0 Å². The van der Waals surface area contributed by atoms with Gasteiger partial charge in [-0.25, -0.2) is 0 Å². The van der Waals surface area contributed by atoms with Gasteiger partial charge in [0.25, 0.3) is 0 Å². The first-order valence-corrected chi connectivity index (χ1v) is 4.39. The van der Waals surface area contributed by atoms with E-state index in [1.54, 1.807) is 0 Å². The van der Waals surface area contributed by atoms with Crippen LogP contribution in [0.2, 0.25) is 0 Å². The number of fused-ring (bicyclic) bond motifs is 3. The Morgan fingerprint density at radius 1 is 1.45 bits per heavy atom. The van der Waals surface area contributed by atoms with E-state index in [1.807, 2.05) is 0 Å². The van der Waals surface area contributed by atoms with Gasteiger partial charge in [0.1, 0.15) is 0 Å². The van der Waals surface area contributed by atoms with Crippen LogP contribution in [0.25, 0.3) is 0 Å². The normalized spacial score (nSPS) is 49.6. The summed E-state index contributed by atoms with van der Waals surface area (Å²) in [6.45, 7) is 3.54. The van der Waals surface area contributed by atoms with E-state index in [2.05, 4.69) is 4.90 Å². The van der Waals surface area contributed by atoms with Gasteiger partial charge in [0.15, 0.2) is 0 Å². The first-order valence-electron chi connectivity index (χ1n) is 4.39. The fraction of sp³-hybridized carbons (Fsp3) is 1.00. The third-order valence-corrected chi connectivity index (χ3v) is 3.20. The molecule has 3 N–H and O–H groups in total. The third-order valence-electron chi connectivity index (χ3n) is 3.20. The Labute approximate surface area is 67.2 Å². The number of hydrogen-bond donors (Lipinski definition) is 2. The smallest absolute Gasteiger partial charge is 0.0924 e. The van der Waals surface area contributed by atoms with E-state index in [0.717, 1.165) is 32.5 Å². The molecule has 3 heteroatoms. The maximum atomic E-state index is 10.0. The van der Waals surface area contributed by atoms with Crippen molar-refractivity contribution >= 4 is 0 Å². The van der Waals surface area contributed by atoms with E-state index in [0.29, 0.717) is 12.5 Å². The van der Waals surface area contributed by atoms with Crippen molar-refractivity contribution in [3.05, 3.63) is 0 Å². The number of aliphatic hydroxyl groups is 1. The van der Waals surface area contributed by atoms with Crippen LogP contribution >= 0.6 is 0 Å². The van der Waals surface area contributed by atoms with Crippen molar-refractivity contribution in [2.24, 2.45) is 11.7 Å². The molecule has 3 aliphatic heterocycles. The van der Waals surface area contributed by atoms with Gasteiger partial charge in [0.2, 0.25) is 0 Å². The highest BCUT2D eigenvalue weighted by Gasteiger charge is 2.44. The zero-order valence-electron chi connectivity index (χ0n) is 6.79. The number of hydrogen-bond acceptors (Lipinski definition) is 3. The second-order valence-electron chi connectivity index (χ2n) is 3.86. The molecule has 2 bridgehead atoms. The fourth-order valence-corrected chi connectivity index (χ4v) is 2.38. The summed E-state index contributed by atoms with van der Waals surface area (Å²) in [6, 6.07) is 0. The summed E-state index contributed by atoms with van der Waals surface area (Å²) in [6.07, 6.45) is 2.27. The molecule has 64 valence electrons. The summed E-state index contributed by atoms with van der Waals surface area (Å²) in [5.74, 6) is 0.470. The molecule has 11 heavy (non-hydrogen) atoms. The van der Waals surface area contributed by atoms with Gasteiger partial charge in [0.05, 0.1) is 5.60 Å². The maximum Gasteiger partial charge on any atom is 0.0924 e. The molecule has 0 aromatic rings. The molecule has 0 spiro atoms. The van der Waals surface area contributed by atoms with Gasteiger partial charge in [-0.15, -0.1) is 0 Å². The maximum absolute atomic E-state index is 10.0. The van der Waals surface area contributed by atoms with Crippen LogP contribution in [0, 0.1) is 5.92 Å². The topological polar surface area (TPSA) is 49.5 Å². The van der Waals surface area contributed by atoms with E-state index in [9.17, 15) is 5.11 Å². The minimum Gasteiger partial charge on any atom is -0.387 e. The summed E-state index contributed by atoms with van der Waals surface area (Å²) >= 11 is 0. The molecule has 3 fully saturated rings. The van der Waals surface area contributed by atoms with Gasteiger partial charge in [-0.1, -0.05) is 0 Å². The van der Waals surface area contributed by atoms with Gasteiger partial charge < -0.3 is 15.7 Å². The molecular weight excluding hydrogens is 140 g/mol. The van der Waals surface area contributed by atoms with Crippen LogP contribution in [0.5, 0.6) is 0 Å². The number of rotatable bonds is 1. The lowest BCUT2D eigenvalue weighted by atomic mass is 9.75. The van der Waals surface area contributed by atoms with Gasteiger partial charge in [-0.05, 0) is 31.8 Å². The standard InChI is InChI=1S/C8H16N2O/c9-5-8(11)6-10-3-1-7(8)2-4-10/h7,11H,1-6,9H2/t8-/m1/s1. The second-order valence-corrected chi connectivity index (χ2v) is 3.86. The summed E-state index contributed by atoms with van der Waals surface area (Å²) in [4.78, 5) is 2.31. The molecule has 3 rings (SSSR count). The Kier molecular flexibility index (Phi) is 1.67. The SMILES string of the molecule is NC[C@@]1(O)CN2CCC1CC2. The van der Waals surface area contributed by atoms with Crippen LogP contribution in [-0.2, 0) is 0 Å². The van der Waals surface area contributed by atoms with Crippen molar-refractivity contribution in [1.29, 1.82) is 0 Å². The molecule has 3 saturated heterocycles. The molecule has 3 nitrogen and oxygen atoms in total. The molecule has 0 aromatic carbocycles. The monoisotopic (exact) mass is 156 g/mol. The van der Waals surface area contributed by atoms with Gasteiger partial charge in [-0.2, -0.15) is 0 Å². The van der Waals surface area contributed by atoms with Crippen LogP contribution in [0.15, 0.2) is 0 Å². The van der Waals surface area contributed by atoms with Crippen LogP contribution in [0.4, 0.5) is 0 Å². The lowest BCUT2D eigenvalue weighted by molar-refractivity contribution is -0.104. The molecule has 0 saturated carbocycles. The fourth-order valence-electron chi connectivity index (χ4n) is 2.38. The Morgan fingerprint density at radius 2 is 2.09 bits per heavy atom. The molecule has 0 aromatic heterocycles. The zero-order valence-corrected chi connectivity index (χ0v) is 6.79. The van der Waals surface area contributed by atoms with Crippen molar-refractivity contribution in [3.8, 4) is 0 Å². The van der Waals surface area contributed by atoms with Crippen molar-refractivity contribution in [2.75, 3.05) is 26.2 Å². The predicted molar refractivity (Wildman–Crippen MR) is 43.2 cm³/mol. The van der Waals surface area contributed by atoms with E-state index in [1.165, 1.54) is 0 Å². The van der Waals surface area contributed by atoms with Crippen molar-refractivity contribution < 1.29 is 5.11 Å². The van der Waals surface area contributed by atoms with E-state index < -0.39 is 5.60 Å². The highest BCUT2D eigenvalue weighted by Crippen LogP contribution is 2.34. The van der Waals surface area contributed by atoms with Gasteiger partial charge in [0, 0.05) is 13.1 Å². The first-order chi connectivity index (χ1) is 5.24. The summed E-state index contributed by atoms with van der Waals surface area (Å²) < 4.78 is 0. The average molecular weight is 156 g/mol. The third kappa shape index (κ3) is 1.08. The van der Waals surface area contributed by atoms with Gasteiger partial charge >= 0.3 is 0 Å². The van der Waals surface area contributed by atoms with Crippen LogP contribution < -0.4 is 5.73 Å². The lowest BCUT2D eigenvalue weighted by Gasteiger charge is -2.49. The van der Waals surface area contributed by atoms with E-state index in [4.69, 9.17) is 5.73 Å². The van der Waals surface area contributed by atoms with Gasteiger partial charge in [-0.3, -0.25) is 0 Å². The minimum absolute atomic E-state index is 0.425. The zero-order chi connectivity index (χ0) is 7.90. The largest absolute Gasteiger partial charge is 0.387 e. The number of nitrogens with two attached hydrogens (primary N) is 1. The highest BCUT2D eigenvalue weighted by molar-refractivity contribution is 4.98. The molecular formula is C8H16N2O. The lowest BCUT2D eigenvalue weighted by Crippen LogP contribution is -2.62. The predicted octanol–water partition coefficient (Wildman–Crippen LogP) is -0.598. The van der Waals surface area contributed by atoms with E-state index >= 15 is 0 Å². The highest BCUT2D eigenvalue weighted by atomic mass is 16.3. The Bertz CT molecular complexity index is 154. The average Bonchev–Trinajstić information content (AvgIpc) is 2.06. The van der Waals surface area contributed by atoms with Crippen LogP contribution in [-0.4, -0.2) is 41.8 Å². The van der Waals surface area contributed by atoms with Crippen molar-refractivity contribution in [1.82, 2.24) is 4.90 Å². The molecule has 0 radical (unpaired) electrons. The quantitative estimate of drug-likeness (QED) is 0.533. The first kappa shape index (κ1) is 7.53. The molecule has 1 atom stereocenters. The molecule has 3 heterocycles. The van der Waals surface area contributed by atoms with Crippen LogP contribution in [0.1, 0.15) is 12.8 Å². The van der Waals surface area contributed by atoms with Crippen molar-refractivity contribution in [2.45, 2.75) is 18.4 Å². The Morgan fingerprint density at radius 3 is 2.36 bits per heavy atom. The summed E-state index contributed by atoms with van der Waals surface area (Å²) in [7, 11) is 0. The second kappa shape index (κ2) is 2.44. The molecule has 0 unspecified atom stereocenters. The molecule has 0 aliphatic carbocycles. The number of nitrogens with zero attached hydrogens (tertiary/aromatic N) is 1. The van der Waals surface area contributed by atoms with Crippen LogP contribution in [0.3, 0.4) is 0 Å². The Hall–Kier alpha value is -0.120. The minimum atomic E-state index is -0.559. The molecule has 0 amide bonds. The number of piperidine rings is 3. The van der Waals surface area contributed by atoms with E-state index in [-0.39, 0.29) is 0 Å². The summed E-state index contributed by atoms with van der Waals surface area (Å²) in [5, 5.41) is 10.0. The summed E-state index contributed by atoms with van der Waals surface area (Å²) in [5.41, 5.74) is 4.99. The molecule has 3 aliphatic rings.